The van der Waals surface area contributed by atoms with Crippen molar-refractivity contribution in [2.45, 2.75) is 33.6 Å². The van der Waals surface area contributed by atoms with Gasteiger partial charge in [-0.3, -0.25) is 10.2 Å². The first-order chi connectivity index (χ1) is 11.4. The number of rotatable bonds is 3. The van der Waals surface area contributed by atoms with Crippen LogP contribution in [0, 0.1) is 5.41 Å². The Kier molecular flexibility index (Phi) is 4.05. The number of aromatic nitrogens is 2. The van der Waals surface area contributed by atoms with Crippen LogP contribution in [-0.4, -0.2) is 26.6 Å². The number of aliphatic hydroxyl groups excluding tert-OH is 1. The number of nitrogens with zero attached hydrogens (tertiary/aromatic N) is 3. The summed E-state index contributed by atoms with van der Waals surface area (Å²) < 4.78 is 0. The number of Topliss-reactive ketones (excluding diaryl/α,β-unsaturated/α-hetero) is 1. The summed E-state index contributed by atoms with van der Waals surface area (Å²) in [6.07, 6.45) is 2.33. The normalized spacial score (nSPS) is 18.1. The van der Waals surface area contributed by atoms with Crippen LogP contribution in [0.25, 0.3) is 10.9 Å². The number of hydrazone groups is 1. The Morgan fingerprint density at radius 2 is 2.00 bits per heavy atom. The fourth-order valence-corrected chi connectivity index (χ4v) is 2.99. The van der Waals surface area contributed by atoms with Gasteiger partial charge in [0.1, 0.15) is 12.1 Å². The molecule has 0 saturated heterocycles. The van der Waals surface area contributed by atoms with Crippen molar-refractivity contribution in [3.8, 4) is 0 Å². The quantitative estimate of drug-likeness (QED) is 0.665. The molecule has 1 aromatic heterocycles. The lowest BCUT2D eigenvalue weighted by molar-refractivity contribution is -0.117. The summed E-state index contributed by atoms with van der Waals surface area (Å²) in [4.78, 5) is 20.7. The number of fused-ring (bicyclic) bond motifs is 1. The number of hydrogen-bond donors (Lipinski definition) is 2. The number of nitrogens with one attached hydrogen (secondary N) is 1. The largest absolute Gasteiger partial charge is 0.511 e. The van der Waals surface area contributed by atoms with Crippen LogP contribution < -0.4 is 5.43 Å². The minimum absolute atomic E-state index is 0.0839. The van der Waals surface area contributed by atoms with Crippen molar-refractivity contribution in [1.82, 2.24) is 9.97 Å². The van der Waals surface area contributed by atoms with Crippen molar-refractivity contribution in [1.29, 1.82) is 0 Å². The molecule has 6 nitrogen and oxygen atoms in total. The van der Waals surface area contributed by atoms with Gasteiger partial charge in [0.05, 0.1) is 16.8 Å². The number of para-hydroxylation sites is 1. The smallest absolute Gasteiger partial charge is 0.168 e. The van der Waals surface area contributed by atoms with E-state index >= 15 is 0 Å². The van der Waals surface area contributed by atoms with Gasteiger partial charge in [-0.1, -0.05) is 26.0 Å². The summed E-state index contributed by atoms with van der Waals surface area (Å²) in [6.45, 7) is 5.64. The zero-order valence-electron chi connectivity index (χ0n) is 14.0. The van der Waals surface area contributed by atoms with Crippen LogP contribution in [0.2, 0.25) is 0 Å². The van der Waals surface area contributed by atoms with Gasteiger partial charge in [-0.2, -0.15) is 5.10 Å². The Morgan fingerprint density at radius 1 is 1.25 bits per heavy atom. The Balaban J connectivity index is 1.90. The fourth-order valence-electron chi connectivity index (χ4n) is 2.99. The topological polar surface area (TPSA) is 87.5 Å². The number of benzene rings is 1. The van der Waals surface area contributed by atoms with Crippen LogP contribution in [0.15, 0.2) is 47.0 Å². The first-order valence-electron chi connectivity index (χ1n) is 7.83. The summed E-state index contributed by atoms with van der Waals surface area (Å²) >= 11 is 0. The summed E-state index contributed by atoms with van der Waals surface area (Å²) in [5.74, 6) is 0.579. The van der Waals surface area contributed by atoms with Gasteiger partial charge in [0.2, 0.25) is 0 Å². The van der Waals surface area contributed by atoms with E-state index in [1.54, 1.807) is 6.92 Å². The Bertz CT molecular complexity index is 863. The van der Waals surface area contributed by atoms with Crippen molar-refractivity contribution in [3.05, 3.63) is 41.9 Å². The van der Waals surface area contributed by atoms with Crippen molar-refractivity contribution >= 4 is 28.2 Å². The monoisotopic (exact) mass is 324 g/mol. The molecular formula is C18H20N4O2. The van der Waals surface area contributed by atoms with Crippen LogP contribution in [0.5, 0.6) is 0 Å². The van der Waals surface area contributed by atoms with Gasteiger partial charge >= 0.3 is 0 Å². The van der Waals surface area contributed by atoms with Crippen LogP contribution in [-0.2, 0) is 4.79 Å². The first kappa shape index (κ1) is 16.1. The molecule has 0 spiro atoms. The maximum Gasteiger partial charge on any atom is 0.168 e. The van der Waals surface area contributed by atoms with E-state index in [9.17, 15) is 9.90 Å². The van der Waals surface area contributed by atoms with Gasteiger partial charge in [-0.25, -0.2) is 9.97 Å². The summed E-state index contributed by atoms with van der Waals surface area (Å²) in [5, 5.41) is 15.3. The van der Waals surface area contributed by atoms with E-state index in [-0.39, 0.29) is 17.0 Å². The van der Waals surface area contributed by atoms with Crippen molar-refractivity contribution < 1.29 is 9.90 Å². The zero-order valence-corrected chi connectivity index (χ0v) is 14.0. The molecule has 124 valence electrons. The Labute approximate surface area is 140 Å². The minimum atomic E-state index is -0.221. The molecule has 1 aliphatic rings. The molecule has 1 heterocycles. The zero-order chi connectivity index (χ0) is 17.3. The average molecular weight is 324 g/mol. The highest BCUT2D eigenvalue weighted by Crippen LogP contribution is 2.36. The molecule has 0 bridgehead atoms. The standard InChI is InChI=1S/C18H20N4O2/c1-11(16-14(23)8-18(2,3)9-15(16)24)21-22-17-12-6-4-5-7-13(12)19-10-20-17/h4-7,10,23H,8-9H2,1-3H3,(H,19,20,22). The molecule has 6 heteroatoms. The van der Waals surface area contributed by atoms with Crippen LogP contribution in [0.4, 0.5) is 5.82 Å². The predicted octanol–water partition coefficient (Wildman–Crippen LogP) is 3.62. The molecule has 0 unspecified atom stereocenters. The van der Waals surface area contributed by atoms with Crippen molar-refractivity contribution in [2.24, 2.45) is 10.5 Å². The number of carbonyl (C=O) groups is 1. The Morgan fingerprint density at radius 3 is 2.75 bits per heavy atom. The molecule has 0 amide bonds. The first-order valence-corrected chi connectivity index (χ1v) is 7.83. The van der Waals surface area contributed by atoms with Gasteiger partial charge in [0.25, 0.3) is 0 Å². The third kappa shape index (κ3) is 3.13. The molecule has 0 fully saturated rings. The molecule has 0 radical (unpaired) electrons. The van der Waals surface area contributed by atoms with E-state index in [4.69, 9.17) is 0 Å². The number of allylic oxidation sites excluding steroid dienone is 2. The summed E-state index contributed by atoms with van der Waals surface area (Å²) in [5.41, 5.74) is 4.23. The second-order valence-corrected chi connectivity index (χ2v) is 6.81. The molecule has 0 aliphatic heterocycles. The number of carbonyl (C=O) groups excluding carboxylic acids is 1. The number of anilines is 1. The second kappa shape index (κ2) is 6.03. The third-order valence-electron chi connectivity index (χ3n) is 4.09. The molecule has 24 heavy (non-hydrogen) atoms. The summed E-state index contributed by atoms with van der Waals surface area (Å²) in [6, 6.07) is 7.58. The second-order valence-electron chi connectivity index (χ2n) is 6.81. The maximum atomic E-state index is 12.3. The fraction of sp³-hybridized carbons (Fsp3) is 0.333. The SMILES string of the molecule is CC(=NNc1ncnc2ccccc12)C1=C(O)CC(C)(C)CC1=O. The number of ketones is 1. The van der Waals surface area contributed by atoms with Gasteiger partial charge in [0, 0.05) is 18.2 Å². The third-order valence-corrected chi connectivity index (χ3v) is 4.09. The highest BCUT2D eigenvalue weighted by Gasteiger charge is 2.34. The van der Waals surface area contributed by atoms with E-state index in [2.05, 4.69) is 20.5 Å². The van der Waals surface area contributed by atoms with Gasteiger partial charge in [0.15, 0.2) is 11.6 Å². The van der Waals surface area contributed by atoms with E-state index < -0.39 is 0 Å². The van der Waals surface area contributed by atoms with Crippen molar-refractivity contribution in [2.75, 3.05) is 5.43 Å². The van der Waals surface area contributed by atoms with Gasteiger partial charge in [-0.05, 0) is 24.5 Å². The molecule has 2 aromatic rings. The molecule has 0 saturated carbocycles. The minimum Gasteiger partial charge on any atom is -0.511 e. The van der Waals surface area contributed by atoms with E-state index in [0.29, 0.717) is 29.9 Å². The maximum absolute atomic E-state index is 12.3. The summed E-state index contributed by atoms with van der Waals surface area (Å²) in [7, 11) is 0. The lowest BCUT2D eigenvalue weighted by Crippen LogP contribution is -2.28. The Hall–Kier alpha value is -2.76. The van der Waals surface area contributed by atoms with Crippen LogP contribution >= 0.6 is 0 Å². The van der Waals surface area contributed by atoms with Crippen molar-refractivity contribution in [3.63, 3.8) is 0 Å². The highest BCUT2D eigenvalue weighted by molar-refractivity contribution is 6.22. The lowest BCUT2D eigenvalue weighted by atomic mass is 9.76. The molecule has 1 aromatic carbocycles. The van der Waals surface area contributed by atoms with Gasteiger partial charge in [-0.15, -0.1) is 0 Å². The molecule has 1 aliphatic carbocycles. The molecule has 3 rings (SSSR count). The highest BCUT2D eigenvalue weighted by atomic mass is 16.3. The van der Waals surface area contributed by atoms with Gasteiger partial charge < -0.3 is 5.11 Å². The molecule has 0 atom stereocenters. The lowest BCUT2D eigenvalue weighted by Gasteiger charge is -2.29. The molecular weight excluding hydrogens is 304 g/mol. The average Bonchev–Trinajstić information content (AvgIpc) is 2.51. The number of hydrogen-bond acceptors (Lipinski definition) is 6. The van der Waals surface area contributed by atoms with E-state index in [1.807, 2.05) is 38.1 Å². The molecule has 2 N–H and O–H groups in total. The van der Waals surface area contributed by atoms with Crippen LogP contribution in [0.1, 0.15) is 33.6 Å². The van der Waals surface area contributed by atoms with E-state index in [0.717, 1.165) is 10.9 Å². The van der Waals surface area contributed by atoms with Crippen LogP contribution in [0.3, 0.4) is 0 Å². The predicted molar refractivity (Wildman–Crippen MR) is 93.9 cm³/mol. The number of aliphatic hydroxyl groups is 1. The van der Waals surface area contributed by atoms with E-state index in [1.165, 1.54) is 6.33 Å².